The molecule has 1 aliphatic heterocycles. The van der Waals surface area contributed by atoms with E-state index in [1.54, 1.807) is 39.8 Å². The van der Waals surface area contributed by atoms with Gasteiger partial charge in [-0.2, -0.15) is 0 Å². The van der Waals surface area contributed by atoms with Crippen LogP contribution in [-0.2, 0) is 9.47 Å². The average Bonchev–Trinajstić information content (AvgIpc) is 2.67. The van der Waals surface area contributed by atoms with Crippen molar-refractivity contribution in [1.29, 1.82) is 0 Å². The Morgan fingerprint density at radius 1 is 1.26 bits per heavy atom. The molecule has 1 aromatic carbocycles. The molecule has 1 fully saturated rings. The molecule has 1 amide bonds. The Kier molecular flexibility index (Phi) is 6.02. The zero-order chi connectivity index (χ0) is 23.0. The van der Waals surface area contributed by atoms with Crippen LogP contribution in [-0.4, -0.2) is 64.7 Å². The molecule has 0 aliphatic carbocycles. The third-order valence-corrected chi connectivity index (χ3v) is 4.88. The van der Waals surface area contributed by atoms with E-state index in [0.717, 1.165) is 5.56 Å². The van der Waals surface area contributed by atoms with Crippen LogP contribution in [0.4, 0.5) is 19.4 Å². The summed E-state index contributed by atoms with van der Waals surface area (Å²) in [4.78, 5) is 34.0. The van der Waals surface area contributed by atoms with Gasteiger partial charge in [-0.1, -0.05) is 0 Å². The highest BCUT2D eigenvalue weighted by Gasteiger charge is 2.46. The van der Waals surface area contributed by atoms with E-state index in [1.807, 2.05) is 0 Å². The number of nitrogens with zero attached hydrogens (tertiary/aromatic N) is 3. The van der Waals surface area contributed by atoms with Crippen molar-refractivity contribution in [3.05, 3.63) is 29.6 Å². The van der Waals surface area contributed by atoms with Gasteiger partial charge in [0, 0.05) is 18.4 Å². The second-order valence-corrected chi connectivity index (χ2v) is 8.56. The molecule has 10 heteroatoms. The summed E-state index contributed by atoms with van der Waals surface area (Å²) in [5.41, 5.74) is 0.494. The maximum atomic E-state index is 14.7. The summed E-state index contributed by atoms with van der Waals surface area (Å²) in [6.45, 7) is 6.54. The van der Waals surface area contributed by atoms with Gasteiger partial charge < -0.3 is 19.7 Å². The number of ether oxygens (including phenoxy) is 2. The van der Waals surface area contributed by atoms with E-state index >= 15 is 0 Å². The molecule has 0 saturated carbocycles. The Morgan fingerprint density at radius 3 is 2.61 bits per heavy atom. The Labute approximate surface area is 178 Å². The first-order valence-corrected chi connectivity index (χ1v) is 9.87. The van der Waals surface area contributed by atoms with E-state index in [0.29, 0.717) is 5.39 Å². The van der Waals surface area contributed by atoms with Gasteiger partial charge in [0.25, 0.3) is 5.92 Å². The summed E-state index contributed by atoms with van der Waals surface area (Å²) < 4.78 is 39.5. The van der Waals surface area contributed by atoms with Crippen molar-refractivity contribution in [3.8, 4) is 0 Å². The second kappa shape index (κ2) is 8.24. The van der Waals surface area contributed by atoms with E-state index in [9.17, 15) is 18.4 Å². The monoisotopic (exact) mass is 436 g/mol. The molecule has 1 N–H and O–H groups in total. The minimum atomic E-state index is -3.08. The van der Waals surface area contributed by atoms with Gasteiger partial charge in [-0.3, -0.25) is 0 Å². The van der Waals surface area contributed by atoms with E-state index in [-0.39, 0.29) is 30.0 Å². The van der Waals surface area contributed by atoms with Crippen LogP contribution in [0.25, 0.3) is 10.9 Å². The number of hydrogen-bond donors (Lipinski definition) is 1. The quantitative estimate of drug-likeness (QED) is 0.732. The number of esters is 1. The smallest absolute Gasteiger partial charge is 0.410 e. The zero-order valence-electron chi connectivity index (χ0n) is 18.2. The summed E-state index contributed by atoms with van der Waals surface area (Å²) in [6, 6.07) is 1.93. The van der Waals surface area contributed by atoms with Crippen LogP contribution in [0.15, 0.2) is 18.5 Å². The number of anilines is 1. The highest BCUT2D eigenvalue weighted by molar-refractivity contribution is 6.05. The molecule has 2 aromatic rings. The lowest BCUT2D eigenvalue weighted by atomic mass is 10.0. The number of methoxy groups -OCH3 is 1. The standard InChI is InChI=1S/C21H26F2N4O4/c1-12-8-13-16(14(9-12)18(28)30-5)24-11-25-17(13)26-15-10-27(7-6-21(15,22)23)19(29)31-20(2,3)4/h8-9,11,15H,6-7,10H2,1-5H3,(H,24,25,26). The van der Waals surface area contributed by atoms with Crippen molar-refractivity contribution >= 4 is 28.8 Å². The zero-order valence-corrected chi connectivity index (χ0v) is 18.2. The number of benzene rings is 1. The lowest BCUT2D eigenvalue weighted by molar-refractivity contribution is -0.0683. The molecule has 0 spiro atoms. The maximum Gasteiger partial charge on any atom is 0.410 e. The molecule has 1 atom stereocenters. The largest absolute Gasteiger partial charge is 0.465 e. The Bertz CT molecular complexity index is 1010. The Balaban J connectivity index is 1.93. The summed E-state index contributed by atoms with van der Waals surface area (Å²) in [5.74, 6) is -3.52. The van der Waals surface area contributed by atoms with E-state index < -0.39 is 36.0 Å². The van der Waals surface area contributed by atoms with Crippen LogP contribution in [0.2, 0.25) is 0 Å². The predicted octanol–water partition coefficient (Wildman–Crippen LogP) is 3.78. The number of piperidine rings is 1. The van der Waals surface area contributed by atoms with Crippen LogP contribution in [0.1, 0.15) is 43.1 Å². The van der Waals surface area contributed by atoms with Crippen molar-refractivity contribution in [2.75, 3.05) is 25.5 Å². The van der Waals surface area contributed by atoms with Crippen molar-refractivity contribution < 1.29 is 27.8 Å². The molecule has 0 radical (unpaired) electrons. The molecular formula is C21H26F2N4O4. The fourth-order valence-electron chi connectivity index (χ4n) is 3.40. The minimum Gasteiger partial charge on any atom is -0.465 e. The molecule has 1 saturated heterocycles. The van der Waals surface area contributed by atoms with E-state index in [1.165, 1.54) is 18.3 Å². The SMILES string of the molecule is COC(=O)c1cc(C)cc2c(NC3CN(C(=O)OC(C)(C)C)CCC3(F)F)ncnc12. The van der Waals surface area contributed by atoms with Crippen molar-refractivity contribution in [3.63, 3.8) is 0 Å². The van der Waals surface area contributed by atoms with Crippen molar-refractivity contribution in [2.24, 2.45) is 0 Å². The first-order chi connectivity index (χ1) is 14.4. The predicted molar refractivity (Wildman–Crippen MR) is 110 cm³/mol. The fraction of sp³-hybridized carbons (Fsp3) is 0.524. The van der Waals surface area contributed by atoms with Gasteiger partial charge in [0.05, 0.1) is 24.7 Å². The number of amides is 1. The van der Waals surface area contributed by atoms with Crippen LogP contribution < -0.4 is 5.32 Å². The first-order valence-electron chi connectivity index (χ1n) is 9.87. The van der Waals surface area contributed by atoms with Gasteiger partial charge in [0.15, 0.2) is 0 Å². The molecule has 1 aliphatic rings. The number of fused-ring (bicyclic) bond motifs is 1. The minimum absolute atomic E-state index is 0.115. The molecule has 0 bridgehead atoms. The number of halogens is 2. The first kappa shape index (κ1) is 22.6. The Hall–Kier alpha value is -3.04. The molecule has 3 rings (SSSR count). The molecule has 8 nitrogen and oxygen atoms in total. The number of likely N-dealkylation sites (tertiary alicyclic amines) is 1. The van der Waals surface area contributed by atoms with Gasteiger partial charge in [0.1, 0.15) is 23.8 Å². The molecule has 2 heterocycles. The van der Waals surface area contributed by atoms with Gasteiger partial charge in [-0.15, -0.1) is 0 Å². The summed E-state index contributed by atoms with van der Waals surface area (Å²) in [5, 5.41) is 3.18. The van der Waals surface area contributed by atoms with Crippen molar-refractivity contribution in [1.82, 2.24) is 14.9 Å². The number of aryl methyl sites for hydroxylation is 1. The number of hydrogen-bond acceptors (Lipinski definition) is 7. The summed E-state index contributed by atoms with van der Waals surface area (Å²) in [6.07, 6.45) is 0.0319. The lowest BCUT2D eigenvalue weighted by Crippen LogP contribution is -2.56. The summed E-state index contributed by atoms with van der Waals surface area (Å²) >= 11 is 0. The van der Waals surface area contributed by atoms with Gasteiger partial charge in [-0.05, 0) is 45.4 Å². The van der Waals surface area contributed by atoms with Gasteiger partial charge in [0.2, 0.25) is 0 Å². The van der Waals surface area contributed by atoms with Gasteiger partial charge >= 0.3 is 12.1 Å². The number of carbonyl (C=O) groups is 2. The number of alkyl halides is 2. The van der Waals surface area contributed by atoms with E-state index in [2.05, 4.69) is 15.3 Å². The second-order valence-electron chi connectivity index (χ2n) is 8.56. The molecule has 168 valence electrons. The lowest BCUT2D eigenvalue weighted by Gasteiger charge is -2.39. The Morgan fingerprint density at radius 2 is 1.97 bits per heavy atom. The third-order valence-electron chi connectivity index (χ3n) is 4.88. The normalized spacial score (nSPS) is 18.5. The fourth-order valence-corrected chi connectivity index (χ4v) is 3.40. The van der Waals surface area contributed by atoms with Crippen LogP contribution in [0, 0.1) is 6.92 Å². The van der Waals surface area contributed by atoms with Crippen LogP contribution >= 0.6 is 0 Å². The maximum absolute atomic E-state index is 14.7. The number of aromatic nitrogens is 2. The summed E-state index contributed by atoms with van der Waals surface area (Å²) in [7, 11) is 1.25. The third kappa shape index (κ3) is 5.00. The van der Waals surface area contributed by atoms with Crippen LogP contribution in [0.5, 0.6) is 0 Å². The van der Waals surface area contributed by atoms with Crippen molar-refractivity contribution in [2.45, 2.75) is 51.7 Å². The molecular weight excluding hydrogens is 410 g/mol. The number of nitrogens with one attached hydrogen (secondary N) is 1. The molecule has 31 heavy (non-hydrogen) atoms. The highest BCUT2D eigenvalue weighted by atomic mass is 19.3. The van der Waals surface area contributed by atoms with E-state index in [4.69, 9.17) is 9.47 Å². The average molecular weight is 436 g/mol. The van der Waals surface area contributed by atoms with Gasteiger partial charge in [-0.25, -0.2) is 28.3 Å². The number of rotatable bonds is 3. The molecule has 1 unspecified atom stereocenters. The number of carbonyl (C=O) groups excluding carboxylic acids is 2. The topological polar surface area (TPSA) is 93.7 Å². The molecule has 1 aromatic heterocycles. The van der Waals surface area contributed by atoms with Crippen LogP contribution in [0.3, 0.4) is 0 Å². The highest BCUT2D eigenvalue weighted by Crippen LogP contribution is 2.33.